The lowest BCUT2D eigenvalue weighted by Gasteiger charge is -2.28. The molecule has 1 heteroatoms. The smallest absolute Gasteiger partial charge is 0.0549 e. The quantitative estimate of drug-likeness (QED) is 0.333. The van der Waals surface area contributed by atoms with E-state index in [2.05, 4.69) is 53.0 Å². The summed E-state index contributed by atoms with van der Waals surface area (Å²) in [7, 11) is 0. The van der Waals surface area contributed by atoms with Crippen molar-refractivity contribution in [3.8, 4) is 0 Å². The van der Waals surface area contributed by atoms with Crippen molar-refractivity contribution in [2.45, 2.75) is 78.7 Å². The van der Waals surface area contributed by atoms with E-state index >= 15 is 0 Å². The van der Waals surface area contributed by atoms with Gasteiger partial charge in [-0.25, -0.2) is 0 Å². The Kier molecular flexibility index (Phi) is 9.36. The van der Waals surface area contributed by atoms with Crippen LogP contribution >= 0.6 is 0 Å². The molecule has 1 N–H and O–H groups in total. The van der Waals surface area contributed by atoms with Crippen molar-refractivity contribution in [3.63, 3.8) is 0 Å². The lowest BCUT2D eigenvalue weighted by molar-refractivity contribution is 0.138. The van der Waals surface area contributed by atoms with E-state index in [9.17, 15) is 5.11 Å². The predicted octanol–water partition coefficient (Wildman–Crippen LogP) is 6.61. The molecule has 0 aromatic rings. The molecule has 0 aliphatic heterocycles. The molecule has 0 spiro atoms. The van der Waals surface area contributed by atoms with E-state index in [0.29, 0.717) is 17.8 Å². The highest BCUT2D eigenvalue weighted by molar-refractivity contribution is 5.36. The van der Waals surface area contributed by atoms with Gasteiger partial charge in [-0.15, -0.1) is 6.58 Å². The maximum Gasteiger partial charge on any atom is 0.0549 e. The van der Waals surface area contributed by atoms with E-state index in [4.69, 9.17) is 0 Å². The molecule has 0 radical (unpaired) electrons. The Hall–Kier alpha value is -1.08. The second-order valence-electron chi connectivity index (χ2n) is 7.77. The molecule has 0 bridgehead atoms. The summed E-state index contributed by atoms with van der Waals surface area (Å²) < 4.78 is 0. The van der Waals surface area contributed by atoms with Crippen molar-refractivity contribution in [1.29, 1.82) is 0 Å². The Labute approximate surface area is 150 Å². The SMILES string of the molecule is C=CCCC(O)CC(CC)/C(CC(C)C)=C(\C)C(=C)C1CC=CC1. The number of rotatable bonds is 11. The molecule has 0 heterocycles. The highest BCUT2D eigenvalue weighted by atomic mass is 16.3. The number of hydrogen-bond donors (Lipinski definition) is 1. The van der Waals surface area contributed by atoms with Crippen LogP contribution < -0.4 is 0 Å². The second kappa shape index (κ2) is 10.7. The van der Waals surface area contributed by atoms with E-state index in [1.807, 2.05) is 6.08 Å². The van der Waals surface area contributed by atoms with Gasteiger partial charge in [-0.1, -0.05) is 51.2 Å². The summed E-state index contributed by atoms with van der Waals surface area (Å²) in [6.45, 7) is 17.3. The minimum absolute atomic E-state index is 0.232. The lowest BCUT2D eigenvalue weighted by Crippen LogP contribution is -2.18. The number of hydrogen-bond acceptors (Lipinski definition) is 1. The highest BCUT2D eigenvalue weighted by Crippen LogP contribution is 2.37. The van der Waals surface area contributed by atoms with Crippen molar-refractivity contribution in [3.05, 3.63) is 48.1 Å². The molecular formula is C23H38O. The van der Waals surface area contributed by atoms with E-state index in [1.54, 1.807) is 0 Å². The summed E-state index contributed by atoms with van der Waals surface area (Å²) in [6, 6.07) is 0. The minimum atomic E-state index is -0.232. The van der Waals surface area contributed by atoms with Gasteiger partial charge < -0.3 is 5.11 Å². The first kappa shape index (κ1) is 21.0. The Morgan fingerprint density at radius 1 is 1.29 bits per heavy atom. The van der Waals surface area contributed by atoms with E-state index in [1.165, 1.54) is 16.7 Å². The van der Waals surface area contributed by atoms with Crippen LogP contribution in [0.3, 0.4) is 0 Å². The normalized spacial score (nSPS) is 18.6. The van der Waals surface area contributed by atoms with Gasteiger partial charge in [-0.05, 0) is 80.8 Å². The third-order valence-electron chi connectivity index (χ3n) is 5.34. The molecule has 0 amide bonds. The Morgan fingerprint density at radius 2 is 1.92 bits per heavy atom. The zero-order valence-electron chi connectivity index (χ0n) is 16.4. The lowest BCUT2D eigenvalue weighted by atomic mass is 9.79. The van der Waals surface area contributed by atoms with E-state index in [-0.39, 0.29) is 6.10 Å². The van der Waals surface area contributed by atoms with Crippen LogP contribution in [0.1, 0.15) is 72.6 Å². The molecule has 0 saturated heterocycles. The van der Waals surface area contributed by atoms with Crippen LogP contribution in [0.25, 0.3) is 0 Å². The molecule has 24 heavy (non-hydrogen) atoms. The molecule has 2 unspecified atom stereocenters. The van der Waals surface area contributed by atoms with Crippen LogP contribution in [0, 0.1) is 17.8 Å². The number of aliphatic hydroxyl groups is 1. The van der Waals surface area contributed by atoms with Crippen LogP contribution in [0.4, 0.5) is 0 Å². The van der Waals surface area contributed by atoms with E-state index in [0.717, 1.165) is 44.9 Å². The fourth-order valence-electron chi connectivity index (χ4n) is 3.79. The fraction of sp³-hybridized carbons (Fsp3) is 0.652. The molecule has 0 aromatic heterocycles. The summed E-state index contributed by atoms with van der Waals surface area (Å²) >= 11 is 0. The number of allylic oxidation sites excluding steroid dienone is 6. The Bertz CT molecular complexity index is 458. The van der Waals surface area contributed by atoms with Gasteiger partial charge in [-0.2, -0.15) is 0 Å². The molecule has 0 aromatic carbocycles. The monoisotopic (exact) mass is 330 g/mol. The van der Waals surface area contributed by atoms with Crippen LogP contribution in [0.15, 0.2) is 48.1 Å². The first-order valence-electron chi connectivity index (χ1n) is 9.73. The van der Waals surface area contributed by atoms with Gasteiger partial charge in [0.05, 0.1) is 6.10 Å². The maximum atomic E-state index is 10.4. The molecule has 0 fully saturated rings. The predicted molar refractivity (Wildman–Crippen MR) is 107 cm³/mol. The summed E-state index contributed by atoms with van der Waals surface area (Å²) in [5, 5.41) is 10.4. The van der Waals surface area contributed by atoms with Crippen molar-refractivity contribution >= 4 is 0 Å². The minimum Gasteiger partial charge on any atom is -0.393 e. The molecular weight excluding hydrogens is 292 g/mol. The largest absolute Gasteiger partial charge is 0.393 e. The first-order valence-corrected chi connectivity index (χ1v) is 9.73. The number of aliphatic hydroxyl groups excluding tert-OH is 1. The van der Waals surface area contributed by atoms with Crippen LogP contribution in [0.2, 0.25) is 0 Å². The molecule has 1 aliphatic carbocycles. The molecule has 1 nitrogen and oxygen atoms in total. The van der Waals surface area contributed by atoms with Crippen molar-refractivity contribution < 1.29 is 5.11 Å². The van der Waals surface area contributed by atoms with Gasteiger partial charge in [0.2, 0.25) is 0 Å². The molecule has 1 rings (SSSR count). The van der Waals surface area contributed by atoms with Gasteiger partial charge in [0.1, 0.15) is 0 Å². The van der Waals surface area contributed by atoms with Gasteiger partial charge >= 0.3 is 0 Å². The van der Waals surface area contributed by atoms with Gasteiger partial charge in [0.25, 0.3) is 0 Å². The van der Waals surface area contributed by atoms with Gasteiger partial charge in [0.15, 0.2) is 0 Å². The highest BCUT2D eigenvalue weighted by Gasteiger charge is 2.23. The summed E-state index contributed by atoms with van der Waals surface area (Å²) in [6.07, 6.45) is 13.2. The zero-order chi connectivity index (χ0) is 18.1. The van der Waals surface area contributed by atoms with Crippen LogP contribution in [-0.4, -0.2) is 11.2 Å². The average Bonchev–Trinajstić information content (AvgIpc) is 3.08. The summed E-state index contributed by atoms with van der Waals surface area (Å²) in [5.74, 6) is 1.66. The molecule has 136 valence electrons. The molecule has 2 atom stereocenters. The van der Waals surface area contributed by atoms with Crippen LogP contribution in [0.5, 0.6) is 0 Å². The van der Waals surface area contributed by atoms with Gasteiger partial charge in [-0.3, -0.25) is 0 Å². The second-order valence-corrected chi connectivity index (χ2v) is 7.77. The third-order valence-corrected chi connectivity index (χ3v) is 5.34. The van der Waals surface area contributed by atoms with Crippen molar-refractivity contribution in [1.82, 2.24) is 0 Å². The average molecular weight is 331 g/mol. The van der Waals surface area contributed by atoms with Crippen LogP contribution in [-0.2, 0) is 0 Å². The molecule has 1 aliphatic rings. The third kappa shape index (κ3) is 6.43. The van der Waals surface area contributed by atoms with E-state index < -0.39 is 0 Å². The molecule has 0 saturated carbocycles. The Balaban J connectivity index is 2.95. The van der Waals surface area contributed by atoms with Gasteiger partial charge in [0, 0.05) is 0 Å². The van der Waals surface area contributed by atoms with Crippen molar-refractivity contribution in [2.24, 2.45) is 17.8 Å². The van der Waals surface area contributed by atoms with Crippen molar-refractivity contribution in [2.75, 3.05) is 0 Å². The Morgan fingerprint density at radius 3 is 2.42 bits per heavy atom. The maximum absolute atomic E-state index is 10.4. The zero-order valence-corrected chi connectivity index (χ0v) is 16.4. The summed E-state index contributed by atoms with van der Waals surface area (Å²) in [4.78, 5) is 0. The topological polar surface area (TPSA) is 20.2 Å². The summed E-state index contributed by atoms with van der Waals surface area (Å²) in [5.41, 5.74) is 4.25. The standard InChI is InChI=1S/C23H38O/c1-7-9-14-22(24)16-20(8-2)23(15-17(3)4)19(6)18(5)21-12-10-11-13-21/h7,10-11,17,20-22,24H,1,5,8-9,12-16H2,2-4,6H3/b23-19+. The first-order chi connectivity index (χ1) is 11.4. The fourth-order valence-corrected chi connectivity index (χ4v) is 3.79.